The van der Waals surface area contributed by atoms with Crippen molar-refractivity contribution in [1.82, 2.24) is 19.9 Å². The van der Waals surface area contributed by atoms with E-state index in [4.69, 9.17) is 9.97 Å². The Bertz CT molecular complexity index is 1440. The topological polar surface area (TPSA) is 83.9 Å². The molecule has 0 saturated carbocycles. The summed E-state index contributed by atoms with van der Waals surface area (Å²) in [4.78, 5) is 32.3. The molecule has 1 amide bonds. The molecule has 162 valence electrons. The number of hydrogen-bond acceptors (Lipinski definition) is 7. The summed E-state index contributed by atoms with van der Waals surface area (Å²) in [6, 6.07) is 17.4. The van der Waals surface area contributed by atoms with Crippen LogP contribution in [0.15, 0.2) is 78.6 Å². The number of anilines is 2. The van der Waals surface area contributed by atoms with Crippen LogP contribution in [0.2, 0.25) is 0 Å². The Hall–Kier alpha value is -4.17. The molecule has 0 saturated heterocycles. The van der Waals surface area contributed by atoms with Crippen LogP contribution in [0.4, 0.5) is 10.9 Å². The van der Waals surface area contributed by atoms with Gasteiger partial charge in [-0.1, -0.05) is 18.2 Å². The molecule has 0 spiro atoms. The minimum atomic E-state index is -0.104. The van der Waals surface area contributed by atoms with Crippen LogP contribution < -0.4 is 10.2 Å². The molecule has 0 aliphatic carbocycles. The monoisotopic (exact) mass is 452 g/mol. The summed E-state index contributed by atoms with van der Waals surface area (Å²) in [7, 11) is 3.58. The molecular formula is C25H20N6OS. The van der Waals surface area contributed by atoms with E-state index in [0.29, 0.717) is 16.5 Å². The zero-order chi connectivity index (χ0) is 22.8. The molecule has 0 aliphatic rings. The zero-order valence-corrected chi connectivity index (χ0v) is 18.9. The number of thiazole rings is 1. The van der Waals surface area contributed by atoms with Gasteiger partial charge >= 0.3 is 0 Å². The van der Waals surface area contributed by atoms with Crippen LogP contribution in [0.25, 0.3) is 33.4 Å². The van der Waals surface area contributed by atoms with E-state index in [1.165, 1.54) is 11.3 Å². The van der Waals surface area contributed by atoms with E-state index in [2.05, 4.69) is 15.3 Å². The number of carbonyl (C=O) groups excluding carboxylic acids is 1. The largest absolute Gasteiger partial charge is 0.373 e. The summed E-state index contributed by atoms with van der Waals surface area (Å²) >= 11 is 1.43. The fourth-order valence-corrected chi connectivity index (χ4v) is 4.22. The van der Waals surface area contributed by atoms with Crippen LogP contribution in [-0.2, 0) is 0 Å². The van der Waals surface area contributed by atoms with Gasteiger partial charge < -0.3 is 5.32 Å². The summed E-state index contributed by atoms with van der Waals surface area (Å²) < 4.78 is 0. The Morgan fingerprint density at radius 1 is 0.970 bits per heavy atom. The third-order valence-electron chi connectivity index (χ3n) is 5.31. The van der Waals surface area contributed by atoms with Gasteiger partial charge in [0.25, 0.3) is 5.91 Å². The summed E-state index contributed by atoms with van der Waals surface area (Å²) in [5, 5.41) is 6.60. The maximum absolute atomic E-state index is 13.0. The average molecular weight is 453 g/mol. The molecule has 8 heteroatoms. The number of amides is 1. The van der Waals surface area contributed by atoms with E-state index in [0.717, 1.165) is 33.4 Å². The molecule has 1 N–H and O–H groups in total. The summed E-state index contributed by atoms with van der Waals surface area (Å²) in [6.45, 7) is 0. The number of hydrogen-bond donors (Lipinski definition) is 1. The molecule has 0 unspecified atom stereocenters. The van der Waals surface area contributed by atoms with Gasteiger partial charge in [-0.2, -0.15) is 0 Å². The molecule has 7 nitrogen and oxygen atoms in total. The molecule has 5 rings (SSSR count). The van der Waals surface area contributed by atoms with E-state index in [-0.39, 0.29) is 5.91 Å². The number of rotatable bonds is 5. The van der Waals surface area contributed by atoms with E-state index < -0.39 is 0 Å². The lowest BCUT2D eigenvalue weighted by Crippen LogP contribution is -2.25. The number of benzene rings is 2. The molecule has 33 heavy (non-hydrogen) atoms. The van der Waals surface area contributed by atoms with Crippen molar-refractivity contribution in [3.63, 3.8) is 0 Å². The number of aromatic nitrogens is 4. The van der Waals surface area contributed by atoms with Crippen molar-refractivity contribution in [2.75, 3.05) is 24.3 Å². The van der Waals surface area contributed by atoms with Crippen molar-refractivity contribution in [2.45, 2.75) is 0 Å². The van der Waals surface area contributed by atoms with Gasteiger partial charge in [-0.25, -0.2) is 15.0 Å². The first-order valence-electron chi connectivity index (χ1n) is 10.3. The standard InChI is InChI=1S/C25H20N6OS/c1-26-23-20-14-17(8-9-21(20)29-22(30-23)19-7-4-10-27-15-19)16-5-3-6-18(13-16)24(32)31(2)25-28-11-12-33-25/h3-15H,1-2H3,(H,26,29,30). The molecule has 3 aromatic heterocycles. The van der Waals surface area contributed by atoms with Crippen molar-refractivity contribution in [3.05, 3.63) is 84.1 Å². The average Bonchev–Trinajstić information content (AvgIpc) is 3.42. The SMILES string of the molecule is CNc1nc(-c2cccnc2)nc2ccc(-c3cccc(C(=O)N(C)c4nccs4)c3)cc12. The lowest BCUT2D eigenvalue weighted by Gasteiger charge is -2.14. The lowest BCUT2D eigenvalue weighted by molar-refractivity contribution is 0.0993. The van der Waals surface area contributed by atoms with E-state index in [1.807, 2.05) is 67.0 Å². The minimum absolute atomic E-state index is 0.104. The third kappa shape index (κ3) is 4.04. The second kappa shape index (κ2) is 8.76. The summed E-state index contributed by atoms with van der Waals surface area (Å²) in [5.41, 5.74) is 4.20. The second-order valence-electron chi connectivity index (χ2n) is 7.38. The van der Waals surface area contributed by atoms with Gasteiger partial charge in [0.2, 0.25) is 0 Å². The van der Waals surface area contributed by atoms with Gasteiger partial charge in [0.1, 0.15) is 5.82 Å². The Kier molecular flexibility index (Phi) is 5.50. The molecule has 0 atom stereocenters. The normalized spacial score (nSPS) is 10.8. The first kappa shape index (κ1) is 20.7. The highest BCUT2D eigenvalue weighted by Crippen LogP contribution is 2.30. The highest BCUT2D eigenvalue weighted by atomic mass is 32.1. The molecule has 3 heterocycles. The van der Waals surface area contributed by atoms with E-state index >= 15 is 0 Å². The number of nitrogens with one attached hydrogen (secondary N) is 1. The zero-order valence-electron chi connectivity index (χ0n) is 18.1. The van der Waals surface area contributed by atoms with Crippen molar-refractivity contribution in [2.24, 2.45) is 0 Å². The third-order valence-corrected chi connectivity index (χ3v) is 6.15. The van der Waals surface area contributed by atoms with Crippen LogP contribution in [0, 0.1) is 0 Å². The predicted molar refractivity (Wildman–Crippen MR) is 133 cm³/mol. The van der Waals surface area contributed by atoms with Crippen LogP contribution in [-0.4, -0.2) is 39.9 Å². The van der Waals surface area contributed by atoms with Crippen molar-refractivity contribution >= 4 is 39.1 Å². The number of carbonyl (C=O) groups is 1. The summed E-state index contributed by atoms with van der Waals surface area (Å²) in [6.07, 6.45) is 5.17. The summed E-state index contributed by atoms with van der Waals surface area (Å²) in [5.74, 6) is 1.25. The van der Waals surface area contributed by atoms with Gasteiger partial charge in [-0.3, -0.25) is 14.7 Å². The molecule has 0 bridgehead atoms. The predicted octanol–water partition coefficient (Wildman–Crippen LogP) is 5.13. The highest BCUT2D eigenvalue weighted by molar-refractivity contribution is 7.13. The quantitative estimate of drug-likeness (QED) is 0.398. The van der Waals surface area contributed by atoms with Gasteiger partial charge in [0.15, 0.2) is 11.0 Å². The van der Waals surface area contributed by atoms with Gasteiger partial charge in [-0.05, 0) is 47.5 Å². The first-order chi connectivity index (χ1) is 16.1. The van der Waals surface area contributed by atoms with Crippen molar-refractivity contribution < 1.29 is 4.79 Å². The van der Waals surface area contributed by atoms with E-state index in [1.54, 1.807) is 30.5 Å². The van der Waals surface area contributed by atoms with Crippen LogP contribution in [0.5, 0.6) is 0 Å². The maximum atomic E-state index is 13.0. The molecule has 0 radical (unpaired) electrons. The fraction of sp³-hybridized carbons (Fsp3) is 0.0800. The fourth-order valence-electron chi connectivity index (χ4n) is 3.62. The Morgan fingerprint density at radius 2 is 1.82 bits per heavy atom. The Labute approximate surface area is 194 Å². The Balaban J connectivity index is 1.53. The minimum Gasteiger partial charge on any atom is -0.373 e. The van der Waals surface area contributed by atoms with Crippen LogP contribution >= 0.6 is 11.3 Å². The first-order valence-corrected chi connectivity index (χ1v) is 11.2. The highest BCUT2D eigenvalue weighted by Gasteiger charge is 2.16. The molecule has 5 aromatic rings. The second-order valence-corrected chi connectivity index (χ2v) is 8.25. The molecular weight excluding hydrogens is 432 g/mol. The smallest absolute Gasteiger partial charge is 0.259 e. The van der Waals surface area contributed by atoms with E-state index in [9.17, 15) is 4.79 Å². The van der Waals surface area contributed by atoms with Crippen LogP contribution in [0.1, 0.15) is 10.4 Å². The van der Waals surface area contributed by atoms with Gasteiger partial charge in [0.05, 0.1) is 5.52 Å². The Morgan fingerprint density at radius 3 is 2.58 bits per heavy atom. The molecule has 0 aliphatic heterocycles. The molecule has 2 aromatic carbocycles. The van der Waals surface area contributed by atoms with Crippen molar-refractivity contribution in [3.8, 4) is 22.5 Å². The number of fused-ring (bicyclic) bond motifs is 1. The number of nitrogens with zero attached hydrogens (tertiary/aromatic N) is 5. The van der Waals surface area contributed by atoms with Crippen molar-refractivity contribution in [1.29, 1.82) is 0 Å². The maximum Gasteiger partial charge on any atom is 0.259 e. The lowest BCUT2D eigenvalue weighted by atomic mass is 10.0. The number of pyridine rings is 1. The van der Waals surface area contributed by atoms with Crippen LogP contribution in [0.3, 0.4) is 0 Å². The van der Waals surface area contributed by atoms with Gasteiger partial charge in [-0.15, -0.1) is 11.3 Å². The van der Waals surface area contributed by atoms with Gasteiger partial charge in [0, 0.05) is 54.6 Å². The molecule has 0 fully saturated rings.